The van der Waals surface area contributed by atoms with Gasteiger partial charge in [0, 0.05) is 6.54 Å². The molecular weight excluding hydrogens is 290 g/mol. The summed E-state index contributed by atoms with van der Waals surface area (Å²) >= 11 is 0. The van der Waals surface area contributed by atoms with Gasteiger partial charge in [-0.25, -0.2) is 13.1 Å². The lowest BCUT2D eigenvalue weighted by molar-refractivity contribution is 0.198. The number of fused-ring (bicyclic) bond motifs is 1. The van der Waals surface area contributed by atoms with Crippen LogP contribution in [0.3, 0.4) is 0 Å². The highest BCUT2D eigenvalue weighted by Gasteiger charge is 2.15. The summed E-state index contributed by atoms with van der Waals surface area (Å²) in [4.78, 5) is 0.180. The van der Waals surface area contributed by atoms with Crippen LogP contribution >= 0.6 is 0 Å². The monoisotopic (exact) mass is 309 g/mol. The van der Waals surface area contributed by atoms with Crippen LogP contribution in [0.5, 0.6) is 5.75 Å². The van der Waals surface area contributed by atoms with E-state index in [2.05, 4.69) is 4.72 Å². The van der Waals surface area contributed by atoms with Gasteiger partial charge in [0.05, 0.1) is 17.6 Å². The van der Waals surface area contributed by atoms with Crippen LogP contribution < -0.4 is 9.46 Å². The standard InChI is InChI=1S/C15H19NO4S/c1-3-20-14-6-4-13-9-15(7-5-12(13)8-14)21(18,19)16-10-11(2)17/h4-9,11,16-17H,3,10H2,1-2H3/t11-/m0/s1. The number of sulfonamides is 1. The van der Waals surface area contributed by atoms with Gasteiger partial charge in [-0.15, -0.1) is 0 Å². The van der Waals surface area contributed by atoms with Crippen LogP contribution in [-0.4, -0.2) is 32.8 Å². The van der Waals surface area contributed by atoms with E-state index in [0.29, 0.717) is 6.61 Å². The Morgan fingerprint density at radius 3 is 2.52 bits per heavy atom. The third kappa shape index (κ3) is 3.93. The Labute approximate surface area is 124 Å². The lowest BCUT2D eigenvalue weighted by Gasteiger charge is -2.10. The summed E-state index contributed by atoms with van der Waals surface area (Å²) in [5.41, 5.74) is 0. The molecule has 0 spiro atoms. The molecule has 0 aromatic heterocycles. The molecular formula is C15H19NO4S. The second-order valence-corrected chi connectivity index (χ2v) is 6.57. The SMILES string of the molecule is CCOc1ccc2cc(S(=O)(=O)NC[C@H](C)O)ccc2c1. The van der Waals surface area contributed by atoms with E-state index in [0.717, 1.165) is 16.5 Å². The van der Waals surface area contributed by atoms with E-state index in [4.69, 9.17) is 4.74 Å². The van der Waals surface area contributed by atoms with Crippen molar-refractivity contribution < 1.29 is 18.3 Å². The minimum absolute atomic E-state index is 0.0103. The van der Waals surface area contributed by atoms with E-state index >= 15 is 0 Å². The van der Waals surface area contributed by atoms with Crippen molar-refractivity contribution in [3.05, 3.63) is 36.4 Å². The predicted octanol–water partition coefficient (Wildman–Crippen LogP) is 1.90. The zero-order valence-corrected chi connectivity index (χ0v) is 12.9. The fourth-order valence-corrected chi connectivity index (χ4v) is 3.10. The van der Waals surface area contributed by atoms with Gasteiger partial charge in [-0.3, -0.25) is 0 Å². The maximum Gasteiger partial charge on any atom is 0.240 e. The fraction of sp³-hybridized carbons (Fsp3) is 0.333. The van der Waals surface area contributed by atoms with Crippen molar-refractivity contribution in [1.29, 1.82) is 0 Å². The first-order valence-corrected chi connectivity index (χ1v) is 8.25. The summed E-state index contributed by atoms with van der Waals surface area (Å²) < 4.78 is 32.0. The van der Waals surface area contributed by atoms with Gasteiger partial charge in [0.2, 0.25) is 10.0 Å². The molecule has 0 amide bonds. The molecule has 21 heavy (non-hydrogen) atoms. The molecule has 0 bridgehead atoms. The molecule has 0 aliphatic rings. The molecule has 0 radical (unpaired) electrons. The third-order valence-electron chi connectivity index (χ3n) is 2.97. The maximum atomic E-state index is 12.1. The van der Waals surface area contributed by atoms with Crippen molar-refractivity contribution in [3.63, 3.8) is 0 Å². The van der Waals surface area contributed by atoms with Crippen LogP contribution in [0.4, 0.5) is 0 Å². The number of rotatable bonds is 6. The fourth-order valence-electron chi connectivity index (χ4n) is 1.94. The third-order valence-corrected chi connectivity index (χ3v) is 4.39. The van der Waals surface area contributed by atoms with E-state index in [-0.39, 0.29) is 11.4 Å². The van der Waals surface area contributed by atoms with Crippen LogP contribution in [0.25, 0.3) is 10.8 Å². The Morgan fingerprint density at radius 1 is 1.19 bits per heavy atom. The van der Waals surface area contributed by atoms with Crippen LogP contribution in [0.1, 0.15) is 13.8 Å². The summed E-state index contributed by atoms with van der Waals surface area (Å²) in [7, 11) is -3.61. The van der Waals surface area contributed by atoms with Crippen molar-refractivity contribution in [2.24, 2.45) is 0 Å². The van der Waals surface area contributed by atoms with Crippen LogP contribution in [0.2, 0.25) is 0 Å². The quantitative estimate of drug-likeness (QED) is 0.854. The van der Waals surface area contributed by atoms with Crippen molar-refractivity contribution in [3.8, 4) is 5.75 Å². The molecule has 5 nitrogen and oxygen atoms in total. The highest BCUT2D eigenvalue weighted by Crippen LogP contribution is 2.23. The molecule has 0 fully saturated rings. The van der Waals surface area contributed by atoms with Crippen LogP contribution in [0.15, 0.2) is 41.3 Å². The van der Waals surface area contributed by atoms with Crippen molar-refractivity contribution in [2.45, 2.75) is 24.8 Å². The Balaban J connectivity index is 2.32. The molecule has 6 heteroatoms. The summed E-state index contributed by atoms with van der Waals surface area (Å²) in [5, 5.41) is 10.9. The van der Waals surface area contributed by atoms with Crippen molar-refractivity contribution >= 4 is 20.8 Å². The molecule has 2 N–H and O–H groups in total. The Kier molecular flexibility index (Phi) is 4.82. The molecule has 0 aliphatic heterocycles. The summed E-state index contributed by atoms with van der Waals surface area (Å²) in [6, 6.07) is 10.4. The molecule has 0 aliphatic carbocycles. The van der Waals surface area contributed by atoms with E-state index in [1.165, 1.54) is 6.92 Å². The Morgan fingerprint density at radius 2 is 1.86 bits per heavy atom. The zero-order chi connectivity index (χ0) is 15.5. The number of aliphatic hydroxyl groups is 1. The smallest absolute Gasteiger partial charge is 0.240 e. The van der Waals surface area contributed by atoms with Gasteiger partial charge in [-0.05, 0) is 48.9 Å². The van der Waals surface area contributed by atoms with E-state index < -0.39 is 16.1 Å². The van der Waals surface area contributed by atoms with E-state index in [9.17, 15) is 13.5 Å². The largest absolute Gasteiger partial charge is 0.494 e. The highest BCUT2D eigenvalue weighted by molar-refractivity contribution is 7.89. The first-order chi connectivity index (χ1) is 9.92. The Bertz CT molecular complexity index is 726. The van der Waals surface area contributed by atoms with Gasteiger partial charge >= 0.3 is 0 Å². The minimum Gasteiger partial charge on any atom is -0.494 e. The topological polar surface area (TPSA) is 75.6 Å². The lowest BCUT2D eigenvalue weighted by atomic mass is 10.1. The second kappa shape index (κ2) is 6.43. The maximum absolute atomic E-state index is 12.1. The van der Waals surface area contributed by atoms with Crippen LogP contribution in [-0.2, 0) is 10.0 Å². The van der Waals surface area contributed by atoms with Crippen LogP contribution in [0, 0.1) is 0 Å². The minimum atomic E-state index is -3.61. The van der Waals surface area contributed by atoms with Gasteiger partial charge < -0.3 is 9.84 Å². The molecule has 0 saturated heterocycles. The molecule has 0 saturated carbocycles. The van der Waals surface area contributed by atoms with Gasteiger partial charge in [0.25, 0.3) is 0 Å². The highest BCUT2D eigenvalue weighted by atomic mass is 32.2. The summed E-state index contributed by atoms with van der Waals surface area (Å²) in [5.74, 6) is 0.757. The second-order valence-electron chi connectivity index (χ2n) is 4.80. The molecule has 2 aromatic rings. The zero-order valence-electron chi connectivity index (χ0n) is 12.0. The number of ether oxygens (including phenoxy) is 1. The van der Waals surface area contributed by atoms with Gasteiger partial charge in [0.15, 0.2) is 0 Å². The number of hydrogen-bond donors (Lipinski definition) is 2. The summed E-state index contributed by atoms with van der Waals surface area (Å²) in [6.07, 6.45) is -0.728. The van der Waals surface area contributed by atoms with Gasteiger partial charge in [0.1, 0.15) is 5.75 Å². The lowest BCUT2D eigenvalue weighted by Crippen LogP contribution is -2.30. The normalized spacial score (nSPS) is 13.3. The number of benzene rings is 2. The molecule has 2 rings (SSSR count). The predicted molar refractivity (Wildman–Crippen MR) is 82.0 cm³/mol. The van der Waals surface area contributed by atoms with Gasteiger partial charge in [-0.2, -0.15) is 0 Å². The van der Waals surface area contributed by atoms with Gasteiger partial charge in [-0.1, -0.05) is 12.1 Å². The van der Waals surface area contributed by atoms with E-state index in [1.54, 1.807) is 18.2 Å². The number of aliphatic hydroxyl groups excluding tert-OH is 1. The molecule has 0 unspecified atom stereocenters. The molecule has 114 valence electrons. The Hall–Kier alpha value is -1.63. The average Bonchev–Trinajstić information content (AvgIpc) is 2.45. The van der Waals surface area contributed by atoms with E-state index in [1.807, 2.05) is 25.1 Å². The first-order valence-electron chi connectivity index (χ1n) is 6.76. The van der Waals surface area contributed by atoms with Crippen molar-refractivity contribution in [1.82, 2.24) is 4.72 Å². The summed E-state index contributed by atoms with van der Waals surface area (Å²) in [6.45, 7) is 4.01. The number of nitrogens with one attached hydrogen (secondary N) is 1. The number of hydrogen-bond acceptors (Lipinski definition) is 4. The van der Waals surface area contributed by atoms with Crippen molar-refractivity contribution in [2.75, 3.05) is 13.2 Å². The first kappa shape index (κ1) is 15.8. The molecule has 2 aromatic carbocycles. The molecule has 1 atom stereocenters. The average molecular weight is 309 g/mol. The molecule has 0 heterocycles.